The first-order valence-electron chi connectivity index (χ1n) is 8.97. The van der Waals surface area contributed by atoms with Gasteiger partial charge in [-0.15, -0.1) is 10.2 Å². The van der Waals surface area contributed by atoms with Gasteiger partial charge in [0.1, 0.15) is 0 Å². The molecule has 0 unspecified atom stereocenters. The van der Waals surface area contributed by atoms with Gasteiger partial charge in [-0.3, -0.25) is 4.79 Å². The Labute approximate surface area is 164 Å². The van der Waals surface area contributed by atoms with Crippen LogP contribution in [0.5, 0.6) is 0 Å². The van der Waals surface area contributed by atoms with Crippen LogP contribution in [0.15, 0.2) is 59.8 Å². The lowest BCUT2D eigenvalue weighted by Gasteiger charge is -2.07. The Hall–Kier alpha value is -2.60. The third-order valence-corrected chi connectivity index (χ3v) is 5.36. The Morgan fingerprint density at radius 1 is 1.07 bits per heavy atom. The molecule has 5 nitrogen and oxygen atoms in total. The molecule has 1 heterocycles. The largest absolute Gasteiger partial charge is 0.351 e. The second kappa shape index (κ2) is 8.86. The van der Waals surface area contributed by atoms with Crippen molar-refractivity contribution in [1.29, 1.82) is 0 Å². The average molecular weight is 381 g/mol. The maximum atomic E-state index is 12.1. The number of thioether (sulfide) groups is 1. The van der Waals surface area contributed by atoms with Gasteiger partial charge in [0.15, 0.2) is 11.0 Å². The monoisotopic (exact) mass is 380 g/mol. The van der Waals surface area contributed by atoms with Gasteiger partial charge in [-0.2, -0.15) is 0 Å². The molecule has 3 rings (SSSR count). The van der Waals surface area contributed by atoms with E-state index in [0.717, 1.165) is 22.1 Å². The molecule has 0 aliphatic carbocycles. The van der Waals surface area contributed by atoms with Crippen LogP contribution in [-0.4, -0.2) is 26.4 Å². The van der Waals surface area contributed by atoms with Gasteiger partial charge in [-0.05, 0) is 17.0 Å². The zero-order valence-corrected chi connectivity index (χ0v) is 16.7. The molecular weight excluding hydrogens is 356 g/mol. The van der Waals surface area contributed by atoms with E-state index >= 15 is 0 Å². The van der Waals surface area contributed by atoms with E-state index in [1.54, 1.807) is 0 Å². The number of nitrogens with zero attached hydrogens (tertiary/aromatic N) is 3. The maximum Gasteiger partial charge on any atom is 0.230 e. The molecule has 1 amide bonds. The Morgan fingerprint density at radius 3 is 2.44 bits per heavy atom. The van der Waals surface area contributed by atoms with E-state index in [1.165, 1.54) is 17.3 Å². The van der Waals surface area contributed by atoms with Crippen LogP contribution in [0.25, 0.3) is 11.4 Å². The minimum Gasteiger partial charge on any atom is -0.351 e. The van der Waals surface area contributed by atoms with Crippen molar-refractivity contribution in [2.75, 3.05) is 5.75 Å². The molecule has 0 aliphatic rings. The van der Waals surface area contributed by atoms with Crippen LogP contribution in [0.4, 0.5) is 0 Å². The summed E-state index contributed by atoms with van der Waals surface area (Å²) in [4.78, 5) is 12.1. The Bertz CT molecular complexity index is 888. The lowest BCUT2D eigenvalue weighted by atomic mass is 10.0. The fourth-order valence-corrected chi connectivity index (χ4v) is 3.43. The van der Waals surface area contributed by atoms with E-state index < -0.39 is 0 Å². The molecule has 0 aliphatic heterocycles. The van der Waals surface area contributed by atoms with Crippen molar-refractivity contribution in [1.82, 2.24) is 20.1 Å². The highest BCUT2D eigenvalue weighted by Gasteiger charge is 2.13. The van der Waals surface area contributed by atoms with E-state index in [1.807, 2.05) is 41.9 Å². The summed E-state index contributed by atoms with van der Waals surface area (Å²) in [5.41, 5.74) is 3.40. The first-order valence-corrected chi connectivity index (χ1v) is 9.96. The predicted molar refractivity (Wildman–Crippen MR) is 110 cm³/mol. The van der Waals surface area contributed by atoms with Crippen LogP contribution < -0.4 is 5.32 Å². The molecule has 1 aromatic heterocycles. The highest BCUT2D eigenvalue weighted by Crippen LogP contribution is 2.24. The molecule has 0 bridgehead atoms. The summed E-state index contributed by atoms with van der Waals surface area (Å²) in [6, 6.07) is 18.3. The van der Waals surface area contributed by atoms with Crippen molar-refractivity contribution in [2.24, 2.45) is 7.05 Å². The Kier molecular flexibility index (Phi) is 6.29. The second-order valence-corrected chi connectivity index (χ2v) is 7.64. The lowest BCUT2D eigenvalue weighted by Crippen LogP contribution is -2.24. The molecule has 0 atom stereocenters. The molecule has 140 valence electrons. The van der Waals surface area contributed by atoms with Crippen molar-refractivity contribution in [3.05, 3.63) is 65.7 Å². The average Bonchev–Trinajstić information content (AvgIpc) is 3.06. The van der Waals surface area contributed by atoms with Gasteiger partial charge >= 0.3 is 0 Å². The SMILES string of the molecule is CC(C)c1ccc(-c2nnc(SCC(=O)NCc3ccccc3)n2C)cc1. The summed E-state index contributed by atoms with van der Waals surface area (Å²) in [5.74, 6) is 1.59. The van der Waals surface area contributed by atoms with Crippen molar-refractivity contribution in [3.8, 4) is 11.4 Å². The standard InChI is InChI=1S/C21H24N4OS/c1-15(2)17-9-11-18(12-10-17)20-23-24-21(25(20)3)27-14-19(26)22-13-16-7-5-4-6-8-16/h4-12,15H,13-14H2,1-3H3,(H,22,26). The fraction of sp³-hybridized carbons (Fsp3) is 0.286. The van der Waals surface area contributed by atoms with Crippen LogP contribution in [0.2, 0.25) is 0 Å². The van der Waals surface area contributed by atoms with Gasteiger partial charge in [-0.1, -0.05) is 80.2 Å². The van der Waals surface area contributed by atoms with Crippen LogP contribution >= 0.6 is 11.8 Å². The van der Waals surface area contributed by atoms with E-state index in [2.05, 4.69) is 53.6 Å². The molecule has 0 saturated carbocycles. The van der Waals surface area contributed by atoms with Crippen molar-refractivity contribution in [2.45, 2.75) is 31.5 Å². The number of amides is 1. The van der Waals surface area contributed by atoms with Gasteiger partial charge in [0.25, 0.3) is 0 Å². The smallest absolute Gasteiger partial charge is 0.230 e. The molecule has 0 radical (unpaired) electrons. The first-order chi connectivity index (χ1) is 13.0. The summed E-state index contributed by atoms with van der Waals surface area (Å²) >= 11 is 1.39. The van der Waals surface area contributed by atoms with Crippen molar-refractivity contribution in [3.63, 3.8) is 0 Å². The molecule has 27 heavy (non-hydrogen) atoms. The van der Waals surface area contributed by atoms with Gasteiger partial charge < -0.3 is 9.88 Å². The maximum absolute atomic E-state index is 12.1. The minimum atomic E-state index is -0.0188. The number of carbonyl (C=O) groups is 1. The quantitative estimate of drug-likeness (QED) is 0.629. The molecule has 0 fully saturated rings. The highest BCUT2D eigenvalue weighted by molar-refractivity contribution is 7.99. The molecule has 0 saturated heterocycles. The fourth-order valence-electron chi connectivity index (χ4n) is 2.69. The minimum absolute atomic E-state index is 0.0188. The number of benzene rings is 2. The Morgan fingerprint density at radius 2 is 1.78 bits per heavy atom. The third-order valence-electron chi connectivity index (χ3n) is 4.34. The number of carbonyl (C=O) groups excluding carboxylic acids is 1. The topological polar surface area (TPSA) is 59.8 Å². The van der Waals surface area contributed by atoms with E-state index in [9.17, 15) is 4.79 Å². The molecule has 2 aromatic carbocycles. The van der Waals surface area contributed by atoms with Gasteiger partial charge in [-0.25, -0.2) is 0 Å². The first kappa shape index (κ1) is 19.2. The molecular formula is C21H24N4OS. The van der Waals surface area contributed by atoms with E-state index in [-0.39, 0.29) is 5.91 Å². The van der Waals surface area contributed by atoms with Crippen molar-refractivity contribution >= 4 is 17.7 Å². The zero-order valence-electron chi connectivity index (χ0n) is 15.8. The predicted octanol–water partition coefficient (Wildman–Crippen LogP) is 4.01. The highest BCUT2D eigenvalue weighted by atomic mass is 32.2. The number of aromatic nitrogens is 3. The summed E-state index contributed by atoms with van der Waals surface area (Å²) < 4.78 is 1.93. The number of rotatable bonds is 7. The lowest BCUT2D eigenvalue weighted by molar-refractivity contribution is -0.118. The molecule has 6 heteroatoms. The van der Waals surface area contributed by atoms with Crippen LogP contribution in [-0.2, 0) is 18.4 Å². The Balaban J connectivity index is 1.57. The second-order valence-electron chi connectivity index (χ2n) is 6.69. The molecule has 1 N–H and O–H groups in total. The summed E-state index contributed by atoms with van der Waals surface area (Å²) in [5, 5.41) is 12.2. The van der Waals surface area contributed by atoms with Crippen LogP contribution in [0, 0.1) is 0 Å². The van der Waals surface area contributed by atoms with E-state index in [0.29, 0.717) is 18.2 Å². The summed E-state index contributed by atoms with van der Waals surface area (Å²) in [7, 11) is 1.93. The van der Waals surface area contributed by atoms with Gasteiger partial charge in [0.05, 0.1) is 5.75 Å². The zero-order chi connectivity index (χ0) is 19.2. The van der Waals surface area contributed by atoms with Gasteiger partial charge in [0, 0.05) is 19.2 Å². The van der Waals surface area contributed by atoms with Gasteiger partial charge in [0.2, 0.25) is 5.91 Å². The molecule has 0 spiro atoms. The summed E-state index contributed by atoms with van der Waals surface area (Å²) in [6.07, 6.45) is 0. The van der Waals surface area contributed by atoms with Crippen LogP contribution in [0.1, 0.15) is 30.9 Å². The molecule has 3 aromatic rings. The summed E-state index contributed by atoms with van der Waals surface area (Å²) in [6.45, 7) is 4.89. The third kappa shape index (κ3) is 4.98. The van der Waals surface area contributed by atoms with Crippen molar-refractivity contribution < 1.29 is 4.79 Å². The normalized spacial score (nSPS) is 11.0. The number of hydrogen-bond donors (Lipinski definition) is 1. The number of nitrogens with one attached hydrogen (secondary N) is 1. The van der Waals surface area contributed by atoms with Crippen LogP contribution in [0.3, 0.4) is 0 Å². The number of hydrogen-bond acceptors (Lipinski definition) is 4. The van der Waals surface area contributed by atoms with E-state index in [4.69, 9.17) is 0 Å².